The summed E-state index contributed by atoms with van der Waals surface area (Å²) < 4.78 is 31.1. The van der Waals surface area contributed by atoms with Crippen LogP contribution in [-0.4, -0.2) is 74.3 Å². The average Bonchev–Trinajstić information content (AvgIpc) is 3.83. The smallest absolute Gasteiger partial charge is 0.251 e. The van der Waals surface area contributed by atoms with Crippen molar-refractivity contribution < 1.29 is 23.4 Å². The number of aromatic nitrogens is 2. The van der Waals surface area contributed by atoms with Gasteiger partial charge in [0.15, 0.2) is 17.3 Å². The summed E-state index contributed by atoms with van der Waals surface area (Å²) in [5.41, 5.74) is 2.32. The maximum absolute atomic E-state index is 14.7. The molecule has 2 aliphatic rings. The molecule has 206 valence electrons. The Morgan fingerprint density at radius 3 is 2.38 bits per heavy atom. The minimum absolute atomic E-state index is 0.0348. The van der Waals surface area contributed by atoms with Gasteiger partial charge in [-0.05, 0) is 37.1 Å². The summed E-state index contributed by atoms with van der Waals surface area (Å²) in [4.78, 5) is 25.6. The molecule has 11 heteroatoms. The number of rotatable bonds is 10. The van der Waals surface area contributed by atoms with Crippen LogP contribution in [0.3, 0.4) is 0 Å². The van der Waals surface area contributed by atoms with Gasteiger partial charge in [0.25, 0.3) is 5.91 Å². The molecule has 0 atom stereocenters. The van der Waals surface area contributed by atoms with Crippen LogP contribution in [0.1, 0.15) is 28.8 Å². The molecule has 1 aliphatic carbocycles. The van der Waals surface area contributed by atoms with Gasteiger partial charge in [-0.25, -0.2) is 14.4 Å². The summed E-state index contributed by atoms with van der Waals surface area (Å²) in [5, 5.41) is 5.70. The van der Waals surface area contributed by atoms with Crippen molar-refractivity contribution in [2.75, 3.05) is 57.7 Å². The molecule has 2 N–H and O–H groups in total. The number of nitrogens with zero attached hydrogens (tertiary/aromatic N) is 4. The molecule has 2 aromatic carbocycles. The molecule has 0 unspecified atom stereocenters. The predicted molar refractivity (Wildman–Crippen MR) is 146 cm³/mol. The zero-order chi connectivity index (χ0) is 27.4. The van der Waals surface area contributed by atoms with Gasteiger partial charge in [-0.15, -0.1) is 0 Å². The van der Waals surface area contributed by atoms with E-state index in [1.807, 2.05) is 12.1 Å². The summed E-state index contributed by atoms with van der Waals surface area (Å²) in [6.07, 6.45) is 5.66. The van der Waals surface area contributed by atoms with Gasteiger partial charge in [0, 0.05) is 62.1 Å². The maximum atomic E-state index is 14.7. The van der Waals surface area contributed by atoms with Crippen molar-refractivity contribution in [2.45, 2.75) is 25.5 Å². The van der Waals surface area contributed by atoms with E-state index in [9.17, 15) is 9.18 Å². The largest absolute Gasteiger partial charge is 0.495 e. The van der Waals surface area contributed by atoms with Gasteiger partial charge < -0.3 is 29.7 Å². The highest BCUT2D eigenvalue weighted by atomic mass is 19.1. The van der Waals surface area contributed by atoms with Crippen LogP contribution in [-0.2, 0) is 6.61 Å². The van der Waals surface area contributed by atoms with Crippen LogP contribution in [0.15, 0.2) is 42.7 Å². The van der Waals surface area contributed by atoms with Crippen LogP contribution < -0.4 is 29.7 Å². The zero-order valence-corrected chi connectivity index (χ0v) is 22.4. The molecule has 2 fully saturated rings. The number of anilines is 3. The summed E-state index contributed by atoms with van der Waals surface area (Å²) >= 11 is 0. The number of methoxy groups -OCH3 is 2. The molecular weight excluding hydrogens is 503 g/mol. The quantitative estimate of drug-likeness (QED) is 0.403. The van der Waals surface area contributed by atoms with E-state index < -0.39 is 5.82 Å². The number of carbonyl (C=O) groups is 1. The molecule has 1 aromatic heterocycles. The molecule has 5 rings (SSSR count). The fourth-order valence-electron chi connectivity index (χ4n) is 4.71. The Balaban J connectivity index is 1.21. The number of carbonyl (C=O) groups excluding carboxylic acids is 1. The molecule has 1 amide bonds. The first-order valence-electron chi connectivity index (χ1n) is 13.0. The van der Waals surface area contributed by atoms with Crippen molar-refractivity contribution >= 4 is 23.2 Å². The zero-order valence-electron chi connectivity index (χ0n) is 22.4. The third-order valence-corrected chi connectivity index (χ3v) is 7.00. The number of ether oxygens (including phenoxy) is 3. The van der Waals surface area contributed by atoms with Crippen molar-refractivity contribution in [1.29, 1.82) is 0 Å². The Labute approximate surface area is 227 Å². The lowest BCUT2D eigenvalue weighted by Crippen LogP contribution is -2.47. The summed E-state index contributed by atoms with van der Waals surface area (Å²) in [6, 6.07) is 9.54. The van der Waals surface area contributed by atoms with Gasteiger partial charge >= 0.3 is 0 Å². The van der Waals surface area contributed by atoms with E-state index in [0.29, 0.717) is 11.7 Å². The van der Waals surface area contributed by atoms with Gasteiger partial charge in [0.2, 0.25) is 5.95 Å². The molecule has 10 nitrogen and oxygen atoms in total. The van der Waals surface area contributed by atoms with Gasteiger partial charge in [-0.1, -0.05) is 0 Å². The number of nitrogens with one attached hydrogen (secondary N) is 2. The minimum atomic E-state index is -0.591. The Kier molecular flexibility index (Phi) is 7.97. The van der Waals surface area contributed by atoms with Crippen LogP contribution in [0.2, 0.25) is 0 Å². The van der Waals surface area contributed by atoms with Crippen molar-refractivity contribution in [3.63, 3.8) is 0 Å². The number of halogens is 1. The molecule has 1 saturated heterocycles. The molecule has 0 radical (unpaired) electrons. The predicted octanol–water partition coefficient (Wildman–Crippen LogP) is 3.60. The summed E-state index contributed by atoms with van der Waals surface area (Å²) in [7, 11) is 4.52. The van der Waals surface area contributed by atoms with Crippen LogP contribution in [0.25, 0.3) is 0 Å². The Bertz CT molecular complexity index is 1310. The molecular formula is C28H33FN6O4. The highest BCUT2D eigenvalue weighted by Gasteiger charge is 2.31. The van der Waals surface area contributed by atoms with Crippen molar-refractivity contribution in [2.24, 2.45) is 0 Å². The monoisotopic (exact) mass is 536 g/mol. The lowest BCUT2D eigenvalue weighted by molar-refractivity contribution is 0.0962. The fraction of sp³-hybridized carbons (Fsp3) is 0.393. The molecule has 39 heavy (non-hydrogen) atoms. The standard InChI is InChI=1S/C28H33FN6O4/c1-30-27(36)18-12-19(26(29)25(13-18)38-3)17-39-22-15-31-28(32-16-22)33-20-4-7-23(24(14-20)37-2)35-10-8-34(9-11-35)21-5-6-21/h4,7,12-16,21H,5-6,8-11,17H2,1-3H3,(H,30,36)(H,31,32,33). The molecule has 0 spiro atoms. The number of amides is 1. The van der Waals surface area contributed by atoms with Crippen molar-refractivity contribution in [3.8, 4) is 17.2 Å². The van der Waals surface area contributed by atoms with E-state index in [1.165, 1.54) is 51.5 Å². The maximum Gasteiger partial charge on any atom is 0.251 e. The SMILES string of the molecule is CNC(=O)c1cc(COc2cnc(Nc3ccc(N4CCN(C5CC5)CC4)c(OC)c3)nc2)c(F)c(OC)c1. The Morgan fingerprint density at radius 2 is 1.74 bits per heavy atom. The third-order valence-electron chi connectivity index (χ3n) is 7.00. The van der Waals surface area contributed by atoms with Gasteiger partial charge in [-0.3, -0.25) is 9.69 Å². The van der Waals surface area contributed by atoms with E-state index in [-0.39, 0.29) is 29.4 Å². The van der Waals surface area contributed by atoms with E-state index >= 15 is 0 Å². The second-order valence-corrected chi connectivity index (χ2v) is 9.53. The van der Waals surface area contributed by atoms with E-state index in [2.05, 4.69) is 36.5 Å². The first-order chi connectivity index (χ1) is 19.0. The molecule has 1 aliphatic heterocycles. The van der Waals surface area contributed by atoms with Crippen LogP contribution in [0.5, 0.6) is 17.2 Å². The first-order valence-corrected chi connectivity index (χ1v) is 13.0. The van der Waals surface area contributed by atoms with Gasteiger partial charge in [-0.2, -0.15) is 0 Å². The van der Waals surface area contributed by atoms with Gasteiger partial charge in [0.1, 0.15) is 12.4 Å². The first kappa shape index (κ1) is 26.5. The van der Waals surface area contributed by atoms with Crippen LogP contribution in [0, 0.1) is 5.82 Å². The van der Waals surface area contributed by atoms with E-state index in [0.717, 1.165) is 49.3 Å². The van der Waals surface area contributed by atoms with Crippen LogP contribution in [0.4, 0.5) is 21.7 Å². The summed E-state index contributed by atoms with van der Waals surface area (Å²) in [6.45, 7) is 4.00. The number of hydrogen-bond donors (Lipinski definition) is 2. The second-order valence-electron chi connectivity index (χ2n) is 9.53. The lowest BCUT2D eigenvalue weighted by atomic mass is 10.1. The van der Waals surface area contributed by atoms with E-state index in [1.54, 1.807) is 7.11 Å². The molecule has 1 saturated carbocycles. The Morgan fingerprint density at radius 1 is 1.03 bits per heavy atom. The molecule has 0 bridgehead atoms. The average molecular weight is 537 g/mol. The fourth-order valence-corrected chi connectivity index (χ4v) is 4.71. The van der Waals surface area contributed by atoms with Gasteiger partial charge in [0.05, 0.1) is 32.3 Å². The van der Waals surface area contributed by atoms with Crippen molar-refractivity contribution in [3.05, 3.63) is 59.7 Å². The highest BCUT2D eigenvalue weighted by Crippen LogP contribution is 2.34. The number of benzene rings is 2. The number of hydrogen-bond acceptors (Lipinski definition) is 9. The summed E-state index contributed by atoms with van der Waals surface area (Å²) in [5.74, 6) is 0.539. The lowest BCUT2D eigenvalue weighted by Gasteiger charge is -2.36. The van der Waals surface area contributed by atoms with E-state index in [4.69, 9.17) is 14.2 Å². The topological polar surface area (TPSA) is 101 Å². The Hall–Kier alpha value is -4.12. The second kappa shape index (κ2) is 11.7. The minimum Gasteiger partial charge on any atom is -0.495 e. The normalized spacial score (nSPS) is 15.5. The third kappa shape index (κ3) is 6.14. The van der Waals surface area contributed by atoms with Crippen LogP contribution >= 0.6 is 0 Å². The highest BCUT2D eigenvalue weighted by molar-refractivity contribution is 5.94. The van der Waals surface area contributed by atoms with Crippen molar-refractivity contribution in [1.82, 2.24) is 20.2 Å². The number of piperazine rings is 1. The molecule has 3 aromatic rings. The molecule has 2 heterocycles.